The highest BCUT2D eigenvalue weighted by Crippen LogP contribution is 2.23. The zero-order chi connectivity index (χ0) is 10.6. The maximum atomic E-state index is 10.8. The lowest BCUT2D eigenvalue weighted by Crippen LogP contribution is -2.05. The minimum absolute atomic E-state index is 0.0331. The van der Waals surface area contributed by atoms with Gasteiger partial charge in [-0.1, -0.05) is 13.8 Å². The molecule has 0 saturated heterocycles. The molecule has 0 aliphatic rings. The van der Waals surface area contributed by atoms with Crippen molar-refractivity contribution in [3.05, 3.63) is 24.3 Å². The summed E-state index contributed by atoms with van der Waals surface area (Å²) in [5, 5.41) is 3.32. The SMILES string of the molecule is CC(=O)Nc1ccc(SC(C)C)cc1. The van der Waals surface area contributed by atoms with Crippen LogP contribution in [0.3, 0.4) is 0 Å². The molecule has 0 radical (unpaired) electrons. The molecule has 0 bridgehead atoms. The number of carbonyl (C=O) groups is 1. The van der Waals surface area contributed by atoms with E-state index in [0.717, 1.165) is 5.69 Å². The second kappa shape index (κ2) is 5.05. The number of rotatable bonds is 3. The summed E-state index contributed by atoms with van der Waals surface area (Å²) in [5.74, 6) is -0.0331. The van der Waals surface area contributed by atoms with Gasteiger partial charge in [0.2, 0.25) is 5.91 Å². The highest BCUT2D eigenvalue weighted by Gasteiger charge is 1.99. The summed E-state index contributed by atoms with van der Waals surface area (Å²) in [7, 11) is 0. The number of hydrogen-bond acceptors (Lipinski definition) is 2. The minimum atomic E-state index is -0.0331. The minimum Gasteiger partial charge on any atom is -0.326 e. The Labute approximate surface area is 89.1 Å². The van der Waals surface area contributed by atoms with E-state index in [1.54, 1.807) is 0 Å². The summed E-state index contributed by atoms with van der Waals surface area (Å²) in [5.41, 5.74) is 0.852. The van der Waals surface area contributed by atoms with Gasteiger partial charge in [0.15, 0.2) is 0 Å². The van der Waals surface area contributed by atoms with E-state index in [2.05, 4.69) is 19.2 Å². The van der Waals surface area contributed by atoms with Gasteiger partial charge in [0, 0.05) is 22.8 Å². The van der Waals surface area contributed by atoms with Crippen molar-refractivity contribution in [1.82, 2.24) is 0 Å². The first-order chi connectivity index (χ1) is 6.58. The van der Waals surface area contributed by atoms with Crippen LogP contribution in [-0.2, 0) is 4.79 Å². The molecule has 2 nitrogen and oxygen atoms in total. The van der Waals surface area contributed by atoms with Gasteiger partial charge in [0.05, 0.1) is 0 Å². The van der Waals surface area contributed by atoms with E-state index in [0.29, 0.717) is 5.25 Å². The number of benzene rings is 1. The summed E-state index contributed by atoms with van der Waals surface area (Å²) in [4.78, 5) is 12.0. The topological polar surface area (TPSA) is 29.1 Å². The highest BCUT2D eigenvalue weighted by molar-refractivity contribution is 7.99. The number of thioether (sulfide) groups is 1. The molecule has 0 spiro atoms. The lowest BCUT2D eigenvalue weighted by molar-refractivity contribution is -0.114. The number of anilines is 1. The van der Waals surface area contributed by atoms with E-state index < -0.39 is 0 Å². The predicted molar refractivity (Wildman–Crippen MR) is 61.7 cm³/mol. The first-order valence-corrected chi connectivity index (χ1v) is 5.50. The van der Waals surface area contributed by atoms with Crippen molar-refractivity contribution in [1.29, 1.82) is 0 Å². The molecule has 0 saturated carbocycles. The third-order valence-corrected chi connectivity index (χ3v) is 2.56. The van der Waals surface area contributed by atoms with Crippen LogP contribution in [0.4, 0.5) is 5.69 Å². The second-order valence-corrected chi connectivity index (χ2v) is 5.02. The average molecular weight is 209 g/mol. The number of hydrogen-bond donors (Lipinski definition) is 1. The van der Waals surface area contributed by atoms with Crippen LogP contribution in [0.2, 0.25) is 0 Å². The van der Waals surface area contributed by atoms with Crippen molar-refractivity contribution in [3.63, 3.8) is 0 Å². The Morgan fingerprint density at radius 3 is 2.29 bits per heavy atom. The van der Waals surface area contributed by atoms with Crippen molar-refractivity contribution < 1.29 is 4.79 Å². The Morgan fingerprint density at radius 1 is 1.29 bits per heavy atom. The normalized spacial score (nSPS) is 10.3. The monoisotopic (exact) mass is 209 g/mol. The van der Waals surface area contributed by atoms with Crippen molar-refractivity contribution in [2.24, 2.45) is 0 Å². The van der Waals surface area contributed by atoms with Gasteiger partial charge in [-0.15, -0.1) is 11.8 Å². The Balaban J connectivity index is 2.63. The first-order valence-electron chi connectivity index (χ1n) is 4.62. The van der Waals surface area contributed by atoms with E-state index in [4.69, 9.17) is 0 Å². The predicted octanol–water partition coefficient (Wildman–Crippen LogP) is 3.15. The van der Waals surface area contributed by atoms with Crippen LogP contribution < -0.4 is 5.32 Å². The molecule has 0 fully saturated rings. The van der Waals surface area contributed by atoms with E-state index in [9.17, 15) is 4.79 Å². The van der Waals surface area contributed by atoms with E-state index in [1.165, 1.54) is 11.8 Å². The highest BCUT2D eigenvalue weighted by atomic mass is 32.2. The average Bonchev–Trinajstić information content (AvgIpc) is 2.06. The molecule has 3 heteroatoms. The van der Waals surface area contributed by atoms with Gasteiger partial charge in [0.25, 0.3) is 0 Å². The molecule has 1 aromatic carbocycles. The molecule has 1 rings (SSSR count). The molecule has 76 valence electrons. The van der Waals surface area contributed by atoms with Crippen LogP contribution in [0.25, 0.3) is 0 Å². The van der Waals surface area contributed by atoms with Gasteiger partial charge in [-0.25, -0.2) is 0 Å². The molecule has 0 unspecified atom stereocenters. The van der Waals surface area contributed by atoms with Crippen LogP contribution in [0, 0.1) is 0 Å². The smallest absolute Gasteiger partial charge is 0.221 e. The number of amides is 1. The quantitative estimate of drug-likeness (QED) is 0.775. The third-order valence-electron chi connectivity index (χ3n) is 1.55. The van der Waals surface area contributed by atoms with Gasteiger partial charge >= 0.3 is 0 Å². The third kappa shape index (κ3) is 3.83. The molecule has 0 aromatic heterocycles. The van der Waals surface area contributed by atoms with Crippen LogP contribution >= 0.6 is 11.8 Å². The van der Waals surface area contributed by atoms with Crippen LogP contribution in [0.15, 0.2) is 29.2 Å². The molecule has 0 aliphatic carbocycles. The number of carbonyl (C=O) groups excluding carboxylic acids is 1. The fourth-order valence-electron chi connectivity index (χ4n) is 1.09. The van der Waals surface area contributed by atoms with Crippen molar-refractivity contribution >= 4 is 23.4 Å². The maximum Gasteiger partial charge on any atom is 0.221 e. The molecular formula is C11H15NOS. The Kier molecular flexibility index (Phi) is 4.01. The Bertz CT molecular complexity index is 306. The fraction of sp³-hybridized carbons (Fsp3) is 0.364. The largest absolute Gasteiger partial charge is 0.326 e. The van der Waals surface area contributed by atoms with Crippen molar-refractivity contribution in [3.8, 4) is 0 Å². The van der Waals surface area contributed by atoms with E-state index in [1.807, 2.05) is 36.0 Å². The summed E-state index contributed by atoms with van der Waals surface area (Å²) < 4.78 is 0. The van der Waals surface area contributed by atoms with Gasteiger partial charge < -0.3 is 5.32 Å². The fourth-order valence-corrected chi connectivity index (χ4v) is 1.93. The van der Waals surface area contributed by atoms with E-state index >= 15 is 0 Å². The van der Waals surface area contributed by atoms with Gasteiger partial charge in [-0.05, 0) is 24.3 Å². The van der Waals surface area contributed by atoms with Gasteiger partial charge in [-0.2, -0.15) is 0 Å². The molecule has 1 aromatic rings. The molecular weight excluding hydrogens is 194 g/mol. The lowest BCUT2D eigenvalue weighted by atomic mass is 10.3. The summed E-state index contributed by atoms with van der Waals surface area (Å²) in [6.45, 7) is 5.83. The van der Waals surface area contributed by atoms with Crippen LogP contribution in [0.1, 0.15) is 20.8 Å². The Hall–Kier alpha value is -0.960. The molecule has 0 atom stereocenters. The second-order valence-electron chi connectivity index (χ2n) is 3.37. The summed E-state index contributed by atoms with van der Waals surface area (Å²) in [6.07, 6.45) is 0. The molecule has 14 heavy (non-hydrogen) atoms. The zero-order valence-electron chi connectivity index (χ0n) is 8.70. The standard InChI is InChI=1S/C11H15NOS/c1-8(2)14-11-6-4-10(5-7-11)12-9(3)13/h4-8H,1-3H3,(H,12,13). The molecule has 1 amide bonds. The lowest BCUT2D eigenvalue weighted by Gasteiger charge is -2.06. The van der Waals surface area contributed by atoms with Crippen molar-refractivity contribution in [2.45, 2.75) is 30.9 Å². The molecule has 0 aliphatic heterocycles. The van der Waals surface area contributed by atoms with Gasteiger partial charge in [0.1, 0.15) is 0 Å². The summed E-state index contributed by atoms with van der Waals surface area (Å²) in [6, 6.07) is 7.89. The van der Waals surface area contributed by atoms with E-state index in [-0.39, 0.29) is 5.91 Å². The van der Waals surface area contributed by atoms with Gasteiger partial charge in [-0.3, -0.25) is 4.79 Å². The van der Waals surface area contributed by atoms with Crippen LogP contribution in [-0.4, -0.2) is 11.2 Å². The maximum absolute atomic E-state index is 10.8. The first kappa shape index (κ1) is 11.1. The summed E-state index contributed by atoms with van der Waals surface area (Å²) >= 11 is 1.81. The zero-order valence-corrected chi connectivity index (χ0v) is 9.52. The molecule has 1 N–H and O–H groups in total. The van der Waals surface area contributed by atoms with Crippen molar-refractivity contribution in [2.75, 3.05) is 5.32 Å². The molecule has 0 heterocycles. The number of nitrogens with one attached hydrogen (secondary N) is 1. The Morgan fingerprint density at radius 2 is 1.86 bits per heavy atom. The van der Waals surface area contributed by atoms with Crippen LogP contribution in [0.5, 0.6) is 0 Å².